The molecule has 0 spiro atoms. The quantitative estimate of drug-likeness (QED) is 0.441. The van der Waals surface area contributed by atoms with Gasteiger partial charge in [-0.25, -0.2) is 0 Å². The van der Waals surface area contributed by atoms with Crippen LogP contribution >= 0.6 is 0 Å². The van der Waals surface area contributed by atoms with Crippen molar-refractivity contribution in [2.45, 2.75) is 32.1 Å². The molecule has 63 valence electrons. The summed E-state index contributed by atoms with van der Waals surface area (Å²) >= 11 is 0. The predicted octanol–water partition coefficient (Wildman–Crippen LogP) is 1.81. The molecule has 1 amide bonds. The normalized spacial score (nSPS) is 9.45. The van der Waals surface area contributed by atoms with Gasteiger partial charge in [-0.3, -0.25) is 4.79 Å². The van der Waals surface area contributed by atoms with Crippen molar-refractivity contribution in [3.63, 3.8) is 0 Å². The molecule has 1 radical (unpaired) electrons. The summed E-state index contributed by atoms with van der Waals surface area (Å²) < 4.78 is 0. The molecule has 0 rings (SSSR count). The number of hydrogen-bond acceptors (Lipinski definition) is 1. The Labute approximate surface area is 68.5 Å². The molecule has 0 aliphatic heterocycles. The predicted molar refractivity (Wildman–Crippen MR) is 46.8 cm³/mol. The van der Waals surface area contributed by atoms with Crippen molar-refractivity contribution in [1.29, 1.82) is 0 Å². The third-order valence-corrected chi connectivity index (χ3v) is 1.41. The average molecular weight is 154 g/mol. The fourth-order valence-corrected chi connectivity index (χ4v) is 0.824. The van der Waals surface area contributed by atoms with Crippen LogP contribution in [0.1, 0.15) is 32.1 Å². The lowest BCUT2D eigenvalue weighted by Crippen LogP contribution is -2.09. The van der Waals surface area contributed by atoms with Gasteiger partial charge in [-0.2, -0.15) is 0 Å². The molecule has 2 nitrogen and oxygen atoms in total. The van der Waals surface area contributed by atoms with Crippen LogP contribution in [0.25, 0.3) is 0 Å². The Morgan fingerprint density at radius 3 is 2.73 bits per heavy atom. The van der Waals surface area contributed by atoms with Crippen molar-refractivity contribution in [2.75, 3.05) is 0 Å². The molecule has 2 N–H and O–H groups in total. The zero-order valence-corrected chi connectivity index (χ0v) is 6.88. The van der Waals surface area contributed by atoms with Gasteiger partial charge in [0.2, 0.25) is 5.91 Å². The highest BCUT2D eigenvalue weighted by Gasteiger charge is 1.93. The van der Waals surface area contributed by atoms with Crippen molar-refractivity contribution < 1.29 is 4.79 Å². The average Bonchev–Trinajstić information content (AvgIpc) is 1.96. The minimum absolute atomic E-state index is 0.200. The summed E-state index contributed by atoms with van der Waals surface area (Å²) in [5.41, 5.74) is 4.97. The zero-order valence-electron chi connectivity index (χ0n) is 6.88. The standard InChI is InChI=1S/C9H16NO/c1-2-3-4-5-6-7-8-9(10)11/h2,4H,1,3,5-8H2,(H2,10,11). The van der Waals surface area contributed by atoms with Crippen LogP contribution in [-0.4, -0.2) is 5.91 Å². The minimum Gasteiger partial charge on any atom is -0.370 e. The third kappa shape index (κ3) is 9.21. The fraction of sp³-hybridized carbons (Fsp3) is 0.556. The molecular formula is C9H16NO. The van der Waals surface area contributed by atoms with Gasteiger partial charge in [-0.15, -0.1) is 6.58 Å². The minimum atomic E-state index is -0.200. The van der Waals surface area contributed by atoms with Crippen LogP contribution in [0.5, 0.6) is 0 Å². The first kappa shape index (κ1) is 10.2. The Morgan fingerprint density at radius 2 is 2.18 bits per heavy atom. The summed E-state index contributed by atoms with van der Waals surface area (Å²) in [6, 6.07) is 0. The number of unbranched alkanes of at least 4 members (excludes halogenated alkanes) is 4. The molecule has 0 fully saturated rings. The van der Waals surface area contributed by atoms with Crippen LogP contribution in [0, 0.1) is 6.42 Å². The van der Waals surface area contributed by atoms with Gasteiger partial charge in [0.05, 0.1) is 0 Å². The second-order valence-corrected chi connectivity index (χ2v) is 2.53. The largest absolute Gasteiger partial charge is 0.370 e. The maximum absolute atomic E-state index is 10.3. The van der Waals surface area contributed by atoms with Crippen LogP contribution in [0.15, 0.2) is 12.7 Å². The summed E-state index contributed by atoms with van der Waals surface area (Å²) in [5, 5.41) is 0. The van der Waals surface area contributed by atoms with Gasteiger partial charge in [0.25, 0.3) is 0 Å². The molecule has 0 aromatic rings. The van der Waals surface area contributed by atoms with Gasteiger partial charge >= 0.3 is 0 Å². The first-order chi connectivity index (χ1) is 5.27. The van der Waals surface area contributed by atoms with Crippen LogP contribution < -0.4 is 5.73 Å². The Bertz CT molecular complexity index is 121. The van der Waals surface area contributed by atoms with Crippen molar-refractivity contribution in [3.05, 3.63) is 19.1 Å². The first-order valence-electron chi connectivity index (χ1n) is 3.98. The van der Waals surface area contributed by atoms with E-state index >= 15 is 0 Å². The Hall–Kier alpha value is -0.790. The third-order valence-electron chi connectivity index (χ3n) is 1.41. The van der Waals surface area contributed by atoms with E-state index in [1.807, 2.05) is 6.08 Å². The van der Waals surface area contributed by atoms with E-state index in [1.165, 1.54) is 0 Å². The van der Waals surface area contributed by atoms with E-state index in [4.69, 9.17) is 5.73 Å². The lowest BCUT2D eigenvalue weighted by atomic mass is 10.1. The summed E-state index contributed by atoms with van der Waals surface area (Å²) in [7, 11) is 0. The van der Waals surface area contributed by atoms with E-state index in [0.29, 0.717) is 6.42 Å². The molecule has 0 aromatic carbocycles. The van der Waals surface area contributed by atoms with Crippen LogP contribution in [0.2, 0.25) is 0 Å². The topological polar surface area (TPSA) is 43.1 Å². The lowest BCUT2D eigenvalue weighted by Gasteiger charge is -1.96. The number of primary amides is 1. The summed E-state index contributed by atoms with van der Waals surface area (Å²) in [6.07, 6.45) is 8.51. The second kappa shape index (κ2) is 7.32. The maximum atomic E-state index is 10.3. The monoisotopic (exact) mass is 154 g/mol. The molecule has 0 saturated heterocycles. The number of allylic oxidation sites excluding steroid dienone is 1. The molecule has 0 bridgehead atoms. The highest BCUT2D eigenvalue weighted by Crippen LogP contribution is 2.03. The smallest absolute Gasteiger partial charge is 0.217 e. The van der Waals surface area contributed by atoms with Crippen LogP contribution in [0.3, 0.4) is 0 Å². The highest BCUT2D eigenvalue weighted by molar-refractivity contribution is 5.73. The van der Waals surface area contributed by atoms with E-state index in [1.54, 1.807) is 0 Å². The molecule has 0 aromatic heterocycles. The van der Waals surface area contributed by atoms with E-state index in [-0.39, 0.29) is 5.91 Å². The Morgan fingerprint density at radius 1 is 1.45 bits per heavy atom. The van der Waals surface area contributed by atoms with Crippen molar-refractivity contribution in [1.82, 2.24) is 0 Å². The molecule has 2 heteroatoms. The van der Waals surface area contributed by atoms with E-state index in [0.717, 1.165) is 25.7 Å². The molecule has 0 aliphatic carbocycles. The molecule has 0 unspecified atom stereocenters. The number of rotatable bonds is 7. The van der Waals surface area contributed by atoms with Gasteiger partial charge < -0.3 is 5.73 Å². The Kier molecular flexibility index (Phi) is 6.79. The van der Waals surface area contributed by atoms with Gasteiger partial charge in [0, 0.05) is 6.42 Å². The summed E-state index contributed by atoms with van der Waals surface area (Å²) in [6.45, 7) is 3.60. The zero-order chi connectivity index (χ0) is 8.53. The van der Waals surface area contributed by atoms with E-state index < -0.39 is 0 Å². The summed E-state index contributed by atoms with van der Waals surface area (Å²) in [5.74, 6) is -0.200. The van der Waals surface area contributed by atoms with Gasteiger partial charge in [-0.1, -0.05) is 12.5 Å². The first-order valence-corrected chi connectivity index (χ1v) is 3.98. The Balaban J connectivity index is 2.90. The number of hydrogen-bond donors (Lipinski definition) is 1. The molecule has 0 aliphatic rings. The van der Waals surface area contributed by atoms with Crippen molar-refractivity contribution in [3.8, 4) is 0 Å². The van der Waals surface area contributed by atoms with E-state index in [2.05, 4.69) is 13.0 Å². The van der Waals surface area contributed by atoms with Crippen molar-refractivity contribution in [2.24, 2.45) is 5.73 Å². The SMILES string of the molecule is C=CC[CH]CCCCC(N)=O. The number of nitrogens with two attached hydrogens (primary N) is 1. The molecule has 11 heavy (non-hydrogen) atoms. The van der Waals surface area contributed by atoms with E-state index in [9.17, 15) is 4.79 Å². The molecule has 0 heterocycles. The second-order valence-electron chi connectivity index (χ2n) is 2.53. The maximum Gasteiger partial charge on any atom is 0.217 e. The van der Waals surface area contributed by atoms with Crippen LogP contribution in [0.4, 0.5) is 0 Å². The summed E-state index contributed by atoms with van der Waals surface area (Å²) in [4.78, 5) is 10.3. The van der Waals surface area contributed by atoms with Gasteiger partial charge in [-0.05, 0) is 25.7 Å². The van der Waals surface area contributed by atoms with Gasteiger partial charge in [0.1, 0.15) is 0 Å². The number of carbonyl (C=O) groups excluding carboxylic acids is 1. The number of carbonyl (C=O) groups is 1. The van der Waals surface area contributed by atoms with Crippen LogP contribution in [-0.2, 0) is 4.79 Å². The molecule has 0 saturated carbocycles. The molecular weight excluding hydrogens is 138 g/mol. The molecule has 0 atom stereocenters. The van der Waals surface area contributed by atoms with Crippen molar-refractivity contribution >= 4 is 5.91 Å². The number of amides is 1. The highest BCUT2D eigenvalue weighted by atomic mass is 16.1. The van der Waals surface area contributed by atoms with Gasteiger partial charge in [0.15, 0.2) is 0 Å². The lowest BCUT2D eigenvalue weighted by molar-refractivity contribution is -0.118. The fourth-order valence-electron chi connectivity index (χ4n) is 0.824.